The summed E-state index contributed by atoms with van der Waals surface area (Å²) in [6.45, 7) is 0. The fourth-order valence-electron chi connectivity index (χ4n) is 0.180. The summed E-state index contributed by atoms with van der Waals surface area (Å²) in [5.74, 6) is 0. The van der Waals surface area contributed by atoms with E-state index in [1.807, 2.05) is 0 Å². The van der Waals surface area contributed by atoms with E-state index in [1.165, 1.54) is 0 Å². The van der Waals surface area contributed by atoms with E-state index < -0.39 is 0 Å². The molecule has 9 heavy (non-hydrogen) atoms. The van der Waals surface area contributed by atoms with Crippen molar-refractivity contribution in [2.24, 2.45) is 0 Å². The fourth-order valence-corrected chi connectivity index (χ4v) is 0.180. The second-order valence-electron chi connectivity index (χ2n) is 0.683. The molecule has 0 amide bonds. The summed E-state index contributed by atoms with van der Waals surface area (Å²) >= 11 is 0. The van der Waals surface area contributed by atoms with Gasteiger partial charge in [0.1, 0.15) is 0 Å². The predicted octanol–water partition coefficient (Wildman–Crippen LogP) is 1.95. The molecule has 0 N–H and O–H groups in total. The van der Waals surface area contributed by atoms with E-state index >= 15 is 0 Å². The van der Waals surface area contributed by atoms with Crippen molar-refractivity contribution >= 4 is 0 Å². The van der Waals surface area contributed by atoms with Crippen LogP contribution >= 0.6 is 0 Å². The van der Waals surface area contributed by atoms with Crippen molar-refractivity contribution in [3.05, 3.63) is 52.6 Å². The van der Waals surface area contributed by atoms with Crippen molar-refractivity contribution in [2.45, 2.75) is 0 Å². The first-order valence-electron chi connectivity index (χ1n) is 1.33. The molecule has 0 spiro atoms. The largest absolute Gasteiger partial charge is 4.00 e. The molecular weight excluding hydrogens is 291 g/mol. The molecule has 0 nitrogen and oxygen atoms in total. The third kappa shape index (κ3) is 11.5. The van der Waals surface area contributed by atoms with Gasteiger partial charge >= 0.3 is 21.1 Å². The Balaban J connectivity index is -0.0000000312. The molecule has 0 aliphatic heterocycles. The van der Waals surface area contributed by atoms with Crippen LogP contribution in [0.4, 0.5) is 0 Å². The molecule has 0 heterocycles. The molecule has 56 valence electrons. The molecule has 0 radical (unpaired) electrons. The molecule has 0 saturated heterocycles. The maximum atomic E-state index is 2.62. The average Bonchev–Trinajstić information content (AvgIpc) is 1.76. The van der Waals surface area contributed by atoms with Gasteiger partial charge in [-0.1, -0.05) is 0 Å². The Bertz CT molecular complexity index is 61.0. The van der Waals surface area contributed by atoms with Crippen LogP contribution in [0.15, 0.2) is 6.07 Å². The molecular formula is C8H10Pt-4. The SMILES string of the molecule is [CH3-].[CH3-].[CH3-].[Pt+4].[c-]1[c-][c-][cH-][c-]1. The van der Waals surface area contributed by atoms with E-state index in [9.17, 15) is 0 Å². The van der Waals surface area contributed by atoms with Gasteiger partial charge in [0.05, 0.1) is 0 Å². The standard InChI is InChI=1S/C5H.3CH3.Pt/c1-2-4-5-3-1;;;;/h1H;3*1H3;/q-5;3*-1;+4. The zero-order chi connectivity index (χ0) is 3.54. The summed E-state index contributed by atoms with van der Waals surface area (Å²) in [6.07, 6.45) is 0. The molecule has 0 aliphatic carbocycles. The summed E-state index contributed by atoms with van der Waals surface area (Å²) < 4.78 is 0. The molecule has 1 aromatic carbocycles. The second kappa shape index (κ2) is 15.7. The minimum atomic E-state index is 0. The van der Waals surface area contributed by atoms with E-state index in [-0.39, 0.29) is 43.3 Å². The van der Waals surface area contributed by atoms with Crippen LogP contribution in [0.5, 0.6) is 0 Å². The number of hydrogen-bond acceptors (Lipinski definition) is 0. The maximum Gasteiger partial charge on any atom is 4.00 e. The van der Waals surface area contributed by atoms with Crippen molar-refractivity contribution in [2.75, 3.05) is 0 Å². The van der Waals surface area contributed by atoms with Gasteiger partial charge < -0.3 is 52.6 Å². The Morgan fingerprint density at radius 2 is 1.11 bits per heavy atom. The normalized spacial score (nSPS) is 4.44. The van der Waals surface area contributed by atoms with Gasteiger partial charge in [-0.25, -0.2) is 0 Å². The minimum Gasteiger partial charge on any atom is -0.999 e. The fraction of sp³-hybridized carbons (Fsp3) is 0. The van der Waals surface area contributed by atoms with Crippen LogP contribution in [0.1, 0.15) is 0 Å². The van der Waals surface area contributed by atoms with Crippen LogP contribution in [0.2, 0.25) is 0 Å². The van der Waals surface area contributed by atoms with Crippen molar-refractivity contribution < 1.29 is 21.1 Å². The van der Waals surface area contributed by atoms with Gasteiger partial charge in [-0.15, -0.1) is 0 Å². The summed E-state index contributed by atoms with van der Waals surface area (Å²) in [5, 5.41) is 0. The van der Waals surface area contributed by atoms with Crippen molar-refractivity contribution in [1.82, 2.24) is 0 Å². The van der Waals surface area contributed by atoms with Gasteiger partial charge in [0.2, 0.25) is 0 Å². The Morgan fingerprint density at radius 3 is 1.22 bits per heavy atom. The Hall–Kier alpha value is 0.0383. The summed E-state index contributed by atoms with van der Waals surface area (Å²) in [7, 11) is 0. The van der Waals surface area contributed by atoms with Crippen molar-refractivity contribution in [3.8, 4) is 0 Å². The summed E-state index contributed by atoms with van der Waals surface area (Å²) in [5.41, 5.74) is 0. The van der Waals surface area contributed by atoms with Gasteiger partial charge in [0.15, 0.2) is 0 Å². The first-order chi connectivity index (χ1) is 2.50. The van der Waals surface area contributed by atoms with Crippen LogP contribution in [-0.4, -0.2) is 0 Å². The molecule has 1 heteroatoms. The number of hydrogen-bond donors (Lipinski definition) is 0. The van der Waals surface area contributed by atoms with E-state index in [1.54, 1.807) is 6.07 Å². The van der Waals surface area contributed by atoms with Gasteiger partial charge in [-0.05, 0) is 0 Å². The molecule has 1 aromatic rings. The van der Waals surface area contributed by atoms with Gasteiger partial charge in [0, 0.05) is 0 Å². The van der Waals surface area contributed by atoms with Crippen molar-refractivity contribution in [1.29, 1.82) is 0 Å². The van der Waals surface area contributed by atoms with E-state index in [4.69, 9.17) is 0 Å². The molecule has 0 bridgehead atoms. The summed E-state index contributed by atoms with van der Waals surface area (Å²) in [6, 6.07) is 12.0. The smallest absolute Gasteiger partial charge is 0.999 e. The van der Waals surface area contributed by atoms with Crippen LogP contribution in [0.25, 0.3) is 0 Å². The predicted molar refractivity (Wildman–Crippen MR) is 36.6 cm³/mol. The van der Waals surface area contributed by atoms with E-state index in [2.05, 4.69) is 24.3 Å². The quantitative estimate of drug-likeness (QED) is 0.643. The first kappa shape index (κ1) is 23.0. The Labute approximate surface area is 73.9 Å². The molecule has 0 unspecified atom stereocenters. The zero-order valence-corrected chi connectivity index (χ0v) is 8.17. The Morgan fingerprint density at radius 1 is 0.778 bits per heavy atom. The molecule has 1 rings (SSSR count). The van der Waals surface area contributed by atoms with Gasteiger partial charge in [0.25, 0.3) is 0 Å². The van der Waals surface area contributed by atoms with Crippen LogP contribution in [0.3, 0.4) is 0 Å². The molecule has 0 aliphatic rings. The van der Waals surface area contributed by atoms with Crippen LogP contribution in [-0.2, 0) is 21.1 Å². The number of rotatable bonds is 0. The maximum absolute atomic E-state index is 2.62. The van der Waals surface area contributed by atoms with E-state index in [0.717, 1.165) is 0 Å². The molecule has 0 atom stereocenters. The van der Waals surface area contributed by atoms with Crippen LogP contribution in [0, 0.1) is 46.5 Å². The molecule has 0 aromatic heterocycles. The molecule has 0 fully saturated rings. The first-order valence-corrected chi connectivity index (χ1v) is 1.33. The van der Waals surface area contributed by atoms with Crippen molar-refractivity contribution in [3.63, 3.8) is 0 Å². The van der Waals surface area contributed by atoms with Gasteiger partial charge in [-0.3, -0.25) is 0 Å². The minimum absolute atomic E-state index is 0. The van der Waals surface area contributed by atoms with E-state index in [0.29, 0.717) is 0 Å². The second-order valence-corrected chi connectivity index (χ2v) is 0.683. The monoisotopic (exact) mass is 301 g/mol. The van der Waals surface area contributed by atoms with Gasteiger partial charge in [-0.2, -0.15) is 0 Å². The zero-order valence-electron chi connectivity index (χ0n) is 5.89. The average molecular weight is 301 g/mol. The summed E-state index contributed by atoms with van der Waals surface area (Å²) in [4.78, 5) is 0. The molecule has 0 saturated carbocycles. The topological polar surface area (TPSA) is 0 Å². The third-order valence-electron chi connectivity index (χ3n) is 0.351. The third-order valence-corrected chi connectivity index (χ3v) is 0.351. The van der Waals surface area contributed by atoms with Crippen LogP contribution < -0.4 is 0 Å². The Kier molecular flexibility index (Phi) is 40.1.